The highest BCUT2D eigenvalue weighted by Gasteiger charge is 2.25. The first-order valence-electron chi connectivity index (χ1n) is 8.79. The molecule has 1 aliphatic rings. The summed E-state index contributed by atoms with van der Waals surface area (Å²) in [5.41, 5.74) is 2.56. The van der Waals surface area contributed by atoms with Gasteiger partial charge in [0.15, 0.2) is 14.9 Å². The van der Waals surface area contributed by atoms with E-state index in [2.05, 4.69) is 10.3 Å². The van der Waals surface area contributed by atoms with Crippen LogP contribution in [-0.4, -0.2) is 37.1 Å². The minimum Gasteiger partial charge on any atom is -0.459 e. The van der Waals surface area contributed by atoms with Crippen molar-refractivity contribution in [3.8, 4) is 11.3 Å². The molecule has 1 aliphatic heterocycles. The van der Waals surface area contributed by atoms with Gasteiger partial charge in [0.2, 0.25) is 0 Å². The molecule has 0 unspecified atom stereocenters. The van der Waals surface area contributed by atoms with Crippen LogP contribution in [0.4, 0.5) is 10.5 Å². The van der Waals surface area contributed by atoms with E-state index in [9.17, 15) is 13.2 Å². The number of hydrogen-bond donors (Lipinski definition) is 1. The molecule has 7 nitrogen and oxygen atoms in total. The van der Waals surface area contributed by atoms with Crippen LogP contribution in [0, 0.1) is 0 Å². The molecule has 3 heterocycles. The third-order valence-corrected chi connectivity index (χ3v) is 5.60. The monoisotopic (exact) mass is 397 g/mol. The summed E-state index contributed by atoms with van der Waals surface area (Å²) in [5.74, 6) is 1.58. The predicted molar refractivity (Wildman–Crippen MR) is 105 cm³/mol. The molecule has 144 valence electrons. The Bertz CT molecular complexity index is 1110. The summed E-state index contributed by atoms with van der Waals surface area (Å²) in [6.45, 7) is 0.949. The smallest absolute Gasteiger partial charge is 0.322 e. The van der Waals surface area contributed by atoms with Crippen LogP contribution in [0.3, 0.4) is 0 Å². The molecule has 0 saturated heterocycles. The molecule has 1 N–H and O–H groups in total. The third-order valence-electron chi connectivity index (χ3n) is 4.60. The van der Waals surface area contributed by atoms with E-state index >= 15 is 0 Å². The highest BCUT2D eigenvalue weighted by Crippen LogP contribution is 2.29. The summed E-state index contributed by atoms with van der Waals surface area (Å²) in [6, 6.07) is 14.5. The molecular formula is C20H19N3O4S. The van der Waals surface area contributed by atoms with E-state index in [1.807, 2.05) is 36.4 Å². The number of sulfone groups is 1. The molecule has 8 heteroatoms. The van der Waals surface area contributed by atoms with Crippen molar-refractivity contribution >= 4 is 21.6 Å². The van der Waals surface area contributed by atoms with Gasteiger partial charge in [-0.05, 0) is 30.2 Å². The van der Waals surface area contributed by atoms with Crippen molar-refractivity contribution in [1.82, 2.24) is 9.88 Å². The number of anilines is 1. The van der Waals surface area contributed by atoms with Crippen molar-refractivity contribution in [2.75, 3.05) is 18.1 Å². The highest BCUT2D eigenvalue weighted by atomic mass is 32.2. The van der Waals surface area contributed by atoms with Crippen molar-refractivity contribution in [2.24, 2.45) is 0 Å². The van der Waals surface area contributed by atoms with Gasteiger partial charge in [-0.25, -0.2) is 18.2 Å². The van der Waals surface area contributed by atoms with Gasteiger partial charge in [0.05, 0.1) is 18.4 Å². The molecule has 2 amide bonds. The maximum atomic E-state index is 12.6. The normalized spacial score (nSPS) is 13.8. The van der Waals surface area contributed by atoms with Crippen molar-refractivity contribution in [3.05, 3.63) is 66.1 Å². The Balaban J connectivity index is 1.45. The van der Waals surface area contributed by atoms with Crippen LogP contribution >= 0.6 is 0 Å². The van der Waals surface area contributed by atoms with E-state index < -0.39 is 9.84 Å². The molecule has 4 rings (SSSR count). The number of fused-ring (bicyclic) bond motifs is 1. The fraction of sp³-hybridized carbons (Fsp3) is 0.200. The van der Waals surface area contributed by atoms with Gasteiger partial charge in [0.1, 0.15) is 11.5 Å². The first-order chi connectivity index (χ1) is 13.4. The Labute approximate surface area is 162 Å². The molecular weight excluding hydrogens is 378 g/mol. The lowest BCUT2D eigenvalue weighted by Gasteiger charge is -2.26. The van der Waals surface area contributed by atoms with Gasteiger partial charge < -0.3 is 14.6 Å². The first-order valence-corrected chi connectivity index (χ1v) is 10.7. The number of nitrogens with one attached hydrogen (secondary N) is 1. The van der Waals surface area contributed by atoms with Gasteiger partial charge in [-0.15, -0.1) is 0 Å². The van der Waals surface area contributed by atoms with E-state index in [1.54, 1.807) is 4.90 Å². The summed E-state index contributed by atoms with van der Waals surface area (Å²) in [7, 11) is -3.37. The molecule has 3 aromatic rings. The maximum Gasteiger partial charge on any atom is 0.322 e. The van der Waals surface area contributed by atoms with E-state index in [0.717, 1.165) is 28.9 Å². The molecule has 0 bridgehead atoms. The zero-order valence-electron chi connectivity index (χ0n) is 15.3. The largest absolute Gasteiger partial charge is 0.459 e. The number of amides is 2. The fourth-order valence-corrected chi connectivity index (χ4v) is 3.67. The van der Waals surface area contributed by atoms with E-state index in [4.69, 9.17) is 4.42 Å². The number of nitrogens with zero attached hydrogens (tertiary/aromatic N) is 2. The number of hydrogen-bond acceptors (Lipinski definition) is 5. The number of furan rings is 1. The average molecular weight is 397 g/mol. The second-order valence-electron chi connectivity index (χ2n) is 6.68. The third kappa shape index (κ3) is 3.77. The summed E-state index contributed by atoms with van der Waals surface area (Å²) in [5, 5.41) is 2.72. The van der Waals surface area contributed by atoms with Crippen molar-refractivity contribution in [1.29, 1.82) is 0 Å². The van der Waals surface area contributed by atoms with Crippen molar-refractivity contribution in [2.45, 2.75) is 18.0 Å². The van der Waals surface area contributed by atoms with Crippen LogP contribution in [-0.2, 0) is 22.8 Å². The molecule has 0 radical (unpaired) electrons. The van der Waals surface area contributed by atoms with Gasteiger partial charge in [-0.3, -0.25) is 0 Å². The topological polar surface area (TPSA) is 92.5 Å². The summed E-state index contributed by atoms with van der Waals surface area (Å²) >= 11 is 0. The Morgan fingerprint density at radius 3 is 2.64 bits per heavy atom. The lowest BCUT2D eigenvalue weighted by molar-refractivity contribution is 0.200. The van der Waals surface area contributed by atoms with E-state index in [1.165, 1.54) is 18.3 Å². The molecule has 2 aromatic heterocycles. The fourth-order valence-electron chi connectivity index (χ4n) is 3.11. The minimum absolute atomic E-state index is 0.0304. The minimum atomic E-state index is -3.37. The Morgan fingerprint density at radius 1 is 1.18 bits per heavy atom. The quantitative estimate of drug-likeness (QED) is 0.732. The van der Waals surface area contributed by atoms with E-state index in [-0.39, 0.29) is 11.1 Å². The van der Waals surface area contributed by atoms with E-state index in [0.29, 0.717) is 25.2 Å². The van der Waals surface area contributed by atoms with Gasteiger partial charge >= 0.3 is 6.03 Å². The Kier molecular flexibility index (Phi) is 4.64. The standard InChI is InChI=1S/C20H19N3O4S/c1-28(25,26)19-8-7-16(12-21-19)22-20(24)23-10-9-15-11-17(27-18(15)13-23)14-5-3-2-4-6-14/h2-8,11-12H,9-10,13H2,1H3,(H,22,24). The number of benzene rings is 1. The zero-order valence-corrected chi connectivity index (χ0v) is 16.1. The summed E-state index contributed by atoms with van der Waals surface area (Å²) in [4.78, 5) is 18.1. The second kappa shape index (κ2) is 7.12. The molecule has 0 aliphatic carbocycles. The summed E-state index contributed by atoms with van der Waals surface area (Å²) in [6.07, 6.45) is 3.14. The second-order valence-corrected chi connectivity index (χ2v) is 8.65. The van der Waals surface area contributed by atoms with Gasteiger partial charge in [0.25, 0.3) is 0 Å². The number of aromatic nitrogens is 1. The number of carbonyl (C=O) groups excluding carboxylic acids is 1. The average Bonchev–Trinajstić information content (AvgIpc) is 3.12. The zero-order chi connectivity index (χ0) is 19.7. The molecule has 0 atom stereocenters. The number of carbonyl (C=O) groups is 1. The van der Waals surface area contributed by atoms with Crippen LogP contribution in [0.1, 0.15) is 11.3 Å². The lowest BCUT2D eigenvalue weighted by atomic mass is 10.1. The maximum absolute atomic E-state index is 12.6. The SMILES string of the molecule is CS(=O)(=O)c1ccc(NC(=O)N2CCc3cc(-c4ccccc4)oc3C2)cn1. The van der Waals surface area contributed by atoms with Gasteiger partial charge in [-0.1, -0.05) is 30.3 Å². The number of rotatable bonds is 3. The lowest BCUT2D eigenvalue weighted by Crippen LogP contribution is -2.38. The molecule has 0 saturated carbocycles. The number of pyridine rings is 1. The highest BCUT2D eigenvalue weighted by molar-refractivity contribution is 7.90. The number of urea groups is 1. The van der Waals surface area contributed by atoms with Gasteiger partial charge in [0, 0.05) is 18.4 Å². The van der Waals surface area contributed by atoms with Crippen LogP contribution in [0.5, 0.6) is 0 Å². The van der Waals surface area contributed by atoms with Crippen LogP contribution < -0.4 is 5.32 Å². The van der Waals surface area contributed by atoms with Crippen molar-refractivity contribution in [3.63, 3.8) is 0 Å². The van der Waals surface area contributed by atoms with Crippen LogP contribution in [0.2, 0.25) is 0 Å². The molecule has 0 spiro atoms. The van der Waals surface area contributed by atoms with Gasteiger partial charge in [-0.2, -0.15) is 0 Å². The van der Waals surface area contributed by atoms with Crippen molar-refractivity contribution < 1.29 is 17.6 Å². The first kappa shape index (κ1) is 18.2. The Morgan fingerprint density at radius 2 is 1.96 bits per heavy atom. The molecule has 1 aromatic carbocycles. The molecule has 28 heavy (non-hydrogen) atoms. The van der Waals surface area contributed by atoms with Crippen LogP contribution in [0.25, 0.3) is 11.3 Å². The molecule has 0 fully saturated rings. The Hall–Kier alpha value is -3.13. The predicted octanol–water partition coefficient (Wildman–Crippen LogP) is 3.34. The van der Waals surface area contributed by atoms with Crippen LogP contribution in [0.15, 0.2) is 64.2 Å². The summed E-state index contributed by atoms with van der Waals surface area (Å²) < 4.78 is 28.9.